The first-order valence-electron chi connectivity index (χ1n) is 10.7. The number of hydrogen-bond donors (Lipinski definition) is 2. The molecule has 3 rings (SSSR count). The minimum absolute atomic E-state index is 0.206. The predicted molar refractivity (Wildman–Crippen MR) is 133 cm³/mol. The highest BCUT2D eigenvalue weighted by Gasteiger charge is 2.16. The van der Waals surface area contributed by atoms with Gasteiger partial charge in [-0.2, -0.15) is 5.10 Å². The lowest BCUT2D eigenvalue weighted by Gasteiger charge is -2.11. The van der Waals surface area contributed by atoms with Crippen molar-refractivity contribution in [3.63, 3.8) is 0 Å². The van der Waals surface area contributed by atoms with Crippen molar-refractivity contribution in [1.82, 2.24) is 5.43 Å². The monoisotopic (exact) mass is 491 g/mol. The maximum absolute atomic E-state index is 12.5. The van der Waals surface area contributed by atoms with E-state index in [4.69, 9.17) is 18.9 Å². The summed E-state index contributed by atoms with van der Waals surface area (Å²) >= 11 is 0. The molecule has 36 heavy (non-hydrogen) atoms. The molecule has 0 saturated heterocycles. The fourth-order valence-electron chi connectivity index (χ4n) is 2.98. The Kier molecular flexibility index (Phi) is 8.60. The van der Waals surface area contributed by atoms with Crippen molar-refractivity contribution in [1.29, 1.82) is 0 Å². The number of amides is 2. The largest absolute Gasteiger partial charge is 0.497 e. The van der Waals surface area contributed by atoms with Crippen LogP contribution in [0.3, 0.4) is 0 Å². The molecule has 0 aromatic heterocycles. The number of carbonyl (C=O) groups is 3. The third kappa shape index (κ3) is 6.60. The van der Waals surface area contributed by atoms with Gasteiger partial charge in [0.15, 0.2) is 11.5 Å². The molecular weight excluding hydrogens is 466 g/mol. The molecule has 2 amide bonds. The highest BCUT2D eigenvalue weighted by atomic mass is 16.6. The fraction of sp³-hybridized carbons (Fsp3) is 0.154. The van der Waals surface area contributed by atoms with Crippen molar-refractivity contribution in [3.05, 3.63) is 77.9 Å². The SMILES string of the molecule is COc1ccc(NC(=O)C(=O)N/N=C(\C)c2ccc(OC(=O)c3ccc(OC)cc3)c(OC)c2)cc1. The van der Waals surface area contributed by atoms with Gasteiger partial charge in [0.2, 0.25) is 0 Å². The van der Waals surface area contributed by atoms with Crippen molar-refractivity contribution in [2.24, 2.45) is 5.10 Å². The summed E-state index contributed by atoms with van der Waals surface area (Å²) < 4.78 is 20.9. The summed E-state index contributed by atoms with van der Waals surface area (Å²) in [5.41, 5.74) is 3.96. The average molecular weight is 492 g/mol. The summed E-state index contributed by atoms with van der Waals surface area (Å²) in [6.45, 7) is 1.64. The summed E-state index contributed by atoms with van der Waals surface area (Å²) in [5, 5.41) is 6.44. The smallest absolute Gasteiger partial charge is 0.343 e. The lowest BCUT2D eigenvalue weighted by molar-refractivity contribution is -0.136. The van der Waals surface area contributed by atoms with E-state index in [0.717, 1.165) is 0 Å². The van der Waals surface area contributed by atoms with Crippen LogP contribution in [-0.2, 0) is 9.59 Å². The second-order valence-corrected chi connectivity index (χ2v) is 7.30. The zero-order chi connectivity index (χ0) is 26.1. The van der Waals surface area contributed by atoms with Crippen LogP contribution in [0.4, 0.5) is 5.69 Å². The molecule has 3 aromatic carbocycles. The fourth-order valence-corrected chi connectivity index (χ4v) is 2.98. The Morgan fingerprint density at radius 2 is 1.28 bits per heavy atom. The molecule has 0 heterocycles. The summed E-state index contributed by atoms with van der Waals surface area (Å²) in [6, 6.07) is 17.8. The molecule has 0 atom stereocenters. The molecular formula is C26H25N3O7. The molecule has 0 unspecified atom stereocenters. The van der Waals surface area contributed by atoms with E-state index >= 15 is 0 Å². The lowest BCUT2D eigenvalue weighted by Crippen LogP contribution is -2.32. The van der Waals surface area contributed by atoms with E-state index in [0.29, 0.717) is 34.0 Å². The van der Waals surface area contributed by atoms with Gasteiger partial charge in [0, 0.05) is 11.3 Å². The molecule has 0 aliphatic rings. The number of nitrogens with one attached hydrogen (secondary N) is 2. The van der Waals surface area contributed by atoms with E-state index in [-0.39, 0.29) is 11.5 Å². The number of benzene rings is 3. The van der Waals surface area contributed by atoms with Crippen LogP contribution in [0.2, 0.25) is 0 Å². The zero-order valence-corrected chi connectivity index (χ0v) is 20.2. The second kappa shape index (κ2) is 12.0. The van der Waals surface area contributed by atoms with Gasteiger partial charge in [-0.25, -0.2) is 10.2 Å². The Balaban J connectivity index is 1.64. The van der Waals surface area contributed by atoms with Crippen LogP contribution in [0, 0.1) is 0 Å². The molecule has 0 aliphatic carbocycles. The predicted octanol–water partition coefficient (Wildman–Crippen LogP) is 3.41. The summed E-state index contributed by atoms with van der Waals surface area (Å²) in [6.07, 6.45) is 0. The number of anilines is 1. The van der Waals surface area contributed by atoms with Gasteiger partial charge in [0.05, 0.1) is 32.6 Å². The van der Waals surface area contributed by atoms with Gasteiger partial charge in [-0.1, -0.05) is 0 Å². The number of hydrogen-bond acceptors (Lipinski definition) is 8. The molecule has 3 aromatic rings. The molecule has 0 bridgehead atoms. The van der Waals surface area contributed by atoms with Crippen LogP contribution in [0.5, 0.6) is 23.0 Å². The van der Waals surface area contributed by atoms with Crippen LogP contribution >= 0.6 is 0 Å². The number of methoxy groups -OCH3 is 3. The molecule has 10 nitrogen and oxygen atoms in total. The summed E-state index contributed by atoms with van der Waals surface area (Å²) in [4.78, 5) is 36.7. The second-order valence-electron chi connectivity index (χ2n) is 7.30. The van der Waals surface area contributed by atoms with Crippen LogP contribution in [0.25, 0.3) is 0 Å². The van der Waals surface area contributed by atoms with E-state index in [2.05, 4.69) is 15.8 Å². The van der Waals surface area contributed by atoms with E-state index in [1.807, 2.05) is 0 Å². The topological polar surface area (TPSA) is 125 Å². The lowest BCUT2D eigenvalue weighted by atomic mass is 10.1. The van der Waals surface area contributed by atoms with Crippen LogP contribution in [0.15, 0.2) is 71.8 Å². The number of carbonyl (C=O) groups excluding carboxylic acids is 3. The summed E-state index contributed by atoms with van der Waals surface area (Å²) in [7, 11) is 4.50. The van der Waals surface area contributed by atoms with Crippen molar-refractivity contribution in [2.45, 2.75) is 6.92 Å². The van der Waals surface area contributed by atoms with E-state index in [9.17, 15) is 14.4 Å². The van der Waals surface area contributed by atoms with Crippen molar-refractivity contribution >= 4 is 29.2 Å². The minimum Gasteiger partial charge on any atom is -0.497 e. The van der Waals surface area contributed by atoms with Gasteiger partial charge in [0.25, 0.3) is 0 Å². The van der Waals surface area contributed by atoms with Gasteiger partial charge in [-0.3, -0.25) is 9.59 Å². The summed E-state index contributed by atoms with van der Waals surface area (Å²) in [5.74, 6) is -0.657. The van der Waals surface area contributed by atoms with E-state index < -0.39 is 17.8 Å². The normalized spacial score (nSPS) is 10.7. The van der Waals surface area contributed by atoms with Gasteiger partial charge in [0.1, 0.15) is 11.5 Å². The van der Waals surface area contributed by atoms with Gasteiger partial charge >= 0.3 is 17.8 Å². The quantitative estimate of drug-likeness (QED) is 0.163. The molecule has 0 aliphatic heterocycles. The van der Waals surface area contributed by atoms with Gasteiger partial charge in [-0.15, -0.1) is 0 Å². The van der Waals surface area contributed by atoms with Gasteiger partial charge < -0.3 is 24.3 Å². The van der Waals surface area contributed by atoms with Crippen LogP contribution < -0.4 is 29.7 Å². The molecule has 186 valence electrons. The van der Waals surface area contributed by atoms with Crippen LogP contribution in [-0.4, -0.2) is 44.8 Å². The van der Waals surface area contributed by atoms with Gasteiger partial charge in [-0.05, 0) is 73.7 Å². The molecule has 0 spiro atoms. The number of hydrazone groups is 1. The Bertz CT molecular complexity index is 1270. The standard InChI is InChI=1S/C26H25N3O7/c1-16(28-29-25(31)24(30)27-19-8-12-21(34-3)13-9-19)18-7-14-22(23(15-18)35-4)36-26(32)17-5-10-20(33-2)11-6-17/h5-15H,1-4H3,(H,27,30)(H,29,31)/b28-16+. The third-order valence-electron chi connectivity index (χ3n) is 4.99. The number of ether oxygens (including phenoxy) is 4. The Labute approximate surface area is 207 Å². The van der Waals surface area contributed by atoms with E-state index in [1.54, 1.807) is 73.7 Å². The Hall–Kier alpha value is -4.86. The Morgan fingerprint density at radius 3 is 1.86 bits per heavy atom. The van der Waals surface area contributed by atoms with Crippen molar-refractivity contribution in [3.8, 4) is 23.0 Å². The number of nitrogens with zero attached hydrogens (tertiary/aromatic N) is 1. The molecule has 0 fully saturated rings. The van der Waals surface area contributed by atoms with Crippen LogP contribution in [0.1, 0.15) is 22.8 Å². The zero-order valence-electron chi connectivity index (χ0n) is 20.2. The first-order chi connectivity index (χ1) is 17.3. The minimum atomic E-state index is -0.942. The molecule has 0 saturated carbocycles. The average Bonchev–Trinajstić information content (AvgIpc) is 2.92. The van der Waals surface area contributed by atoms with Crippen molar-refractivity contribution in [2.75, 3.05) is 26.6 Å². The maximum atomic E-state index is 12.5. The first kappa shape index (κ1) is 25.8. The maximum Gasteiger partial charge on any atom is 0.343 e. The highest BCUT2D eigenvalue weighted by Crippen LogP contribution is 2.29. The number of esters is 1. The highest BCUT2D eigenvalue weighted by molar-refractivity contribution is 6.39. The third-order valence-corrected chi connectivity index (χ3v) is 4.99. The molecule has 0 radical (unpaired) electrons. The van der Waals surface area contributed by atoms with Crippen molar-refractivity contribution < 1.29 is 33.3 Å². The number of rotatable bonds is 8. The van der Waals surface area contributed by atoms with E-state index in [1.165, 1.54) is 21.3 Å². The Morgan fingerprint density at radius 1 is 0.694 bits per heavy atom. The first-order valence-corrected chi connectivity index (χ1v) is 10.7. The molecule has 2 N–H and O–H groups in total. The molecule has 10 heteroatoms.